The van der Waals surface area contributed by atoms with E-state index in [1.165, 1.54) is 19.3 Å². The molecule has 0 unspecified atom stereocenters. The first-order valence-electron chi connectivity index (χ1n) is 5.99. The topological polar surface area (TPSA) is 25.2 Å². The number of furan rings is 1. The van der Waals surface area contributed by atoms with Crippen LogP contribution in [0.2, 0.25) is 0 Å². The molecule has 0 saturated heterocycles. The van der Waals surface area contributed by atoms with Crippen LogP contribution in [0.5, 0.6) is 0 Å². The normalized spacial score (nSPS) is 11.9. The Morgan fingerprint density at radius 2 is 1.87 bits per heavy atom. The quantitative estimate of drug-likeness (QED) is 0.742. The van der Waals surface area contributed by atoms with Gasteiger partial charge < -0.3 is 9.73 Å². The van der Waals surface area contributed by atoms with E-state index in [1.54, 1.807) is 6.26 Å². The zero-order chi connectivity index (χ0) is 11.1. The van der Waals surface area contributed by atoms with Gasteiger partial charge in [-0.1, -0.05) is 20.8 Å². The molecule has 0 aliphatic carbocycles. The van der Waals surface area contributed by atoms with Crippen LogP contribution in [-0.2, 0) is 6.54 Å². The molecule has 86 valence electrons. The van der Waals surface area contributed by atoms with E-state index in [1.807, 2.05) is 12.1 Å². The lowest BCUT2D eigenvalue weighted by molar-refractivity contribution is 0.235. The van der Waals surface area contributed by atoms with E-state index in [9.17, 15) is 0 Å². The van der Waals surface area contributed by atoms with Gasteiger partial charge >= 0.3 is 0 Å². The zero-order valence-electron chi connectivity index (χ0n) is 10.2. The van der Waals surface area contributed by atoms with Crippen molar-refractivity contribution in [2.75, 3.05) is 6.54 Å². The Balaban J connectivity index is 2.34. The molecule has 0 aromatic carbocycles. The Morgan fingerprint density at radius 1 is 1.20 bits per heavy atom. The molecule has 1 heterocycles. The van der Waals surface area contributed by atoms with Crippen LogP contribution in [0.1, 0.15) is 45.8 Å². The Kier molecular flexibility index (Phi) is 4.89. The molecule has 1 aromatic rings. The van der Waals surface area contributed by atoms with Gasteiger partial charge in [0.15, 0.2) is 0 Å². The first-order valence-corrected chi connectivity index (χ1v) is 5.99. The standard InChI is InChI=1S/C13H23NO/c1-4-13(5-2,6-3)11-14-10-12-8-7-9-15-12/h7-9,14H,4-6,10-11H2,1-3H3. The van der Waals surface area contributed by atoms with Crippen LogP contribution < -0.4 is 5.32 Å². The molecule has 2 nitrogen and oxygen atoms in total. The van der Waals surface area contributed by atoms with Crippen molar-refractivity contribution in [2.24, 2.45) is 5.41 Å². The Bertz CT molecular complexity index is 241. The average Bonchev–Trinajstić information content (AvgIpc) is 2.78. The summed E-state index contributed by atoms with van der Waals surface area (Å²) in [5, 5.41) is 3.49. The third-order valence-corrected chi connectivity index (χ3v) is 3.63. The van der Waals surface area contributed by atoms with Gasteiger partial charge in [0.25, 0.3) is 0 Å². The summed E-state index contributed by atoms with van der Waals surface area (Å²) in [6, 6.07) is 3.95. The second-order valence-electron chi connectivity index (χ2n) is 4.24. The molecule has 1 N–H and O–H groups in total. The van der Waals surface area contributed by atoms with Gasteiger partial charge in [0.05, 0.1) is 12.8 Å². The van der Waals surface area contributed by atoms with E-state index in [0.29, 0.717) is 5.41 Å². The molecule has 15 heavy (non-hydrogen) atoms. The number of rotatable bonds is 7. The first-order chi connectivity index (χ1) is 7.26. The van der Waals surface area contributed by atoms with Crippen molar-refractivity contribution < 1.29 is 4.42 Å². The molecule has 0 aliphatic rings. The average molecular weight is 209 g/mol. The molecule has 1 aromatic heterocycles. The fourth-order valence-electron chi connectivity index (χ4n) is 1.99. The fourth-order valence-corrected chi connectivity index (χ4v) is 1.99. The molecule has 0 aliphatic heterocycles. The van der Waals surface area contributed by atoms with Gasteiger partial charge in [-0.25, -0.2) is 0 Å². The molecule has 0 bridgehead atoms. The lowest BCUT2D eigenvalue weighted by atomic mass is 9.80. The lowest BCUT2D eigenvalue weighted by Gasteiger charge is -2.30. The van der Waals surface area contributed by atoms with Crippen LogP contribution in [-0.4, -0.2) is 6.54 Å². The van der Waals surface area contributed by atoms with Crippen LogP contribution in [0.4, 0.5) is 0 Å². The second-order valence-corrected chi connectivity index (χ2v) is 4.24. The summed E-state index contributed by atoms with van der Waals surface area (Å²) in [6.07, 6.45) is 5.45. The van der Waals surface area contributed by atoms with Crippen LogP contribution >= 0.6 is 0 Å². The maximum absolute atomic E-state index is 5.29. The summed E-state index contributed by atoms with van der Waals surface area (Å²) in [5.41, 5.74) is 0.465. The molecule has 1 rings (SSSR count). The van der Waals surface area contributed by atoms with Gasteiger partial charge in [0.1, 0.15) is 5.76 Å². The minimum Gasteiger partial charge on any atom is -0.468 e. The van der Waals surface area contributed by atoms with Crippen molar-refractivity contribution in [1.82, 2.24) is 5.32 Å². The van der Waals surface area contributed by atoms with E-state index in [0.717, 1.165) is 18.8 Å². The number of hydrogen-bond acceptors (Lipinski definition) is 2. The first kappa shape index (κ1) is 12.3. The molecular formula is C13H23NO. The van der Waals surface area contributed by atoms with Gasteiger partial charge in [-0.15, -0.1) is 0 Å². The van der Waals surface area contributed by atoms with Crippen molar-refractivity contribution in [2.45, 2.75) is 46.6 Å². The van der Waals surface area contributed by atoms with Crippen LogP contribution in [0.3, 0.4) is 0 Å². The molecule has 0 spiro atoms. The monoisotopic (exact) mass is 209 g/mol. The molecule has 0 amide bonds. The highest BCUT2D eigenvalue weighted by molar-refractivity contribution is 4.97. The van der Waals surface area contributed by atoms with Crippen LogP contribution in [0.15, 0.2) is 22.8 Å². The van der Waals surface area contributed by atoms with Crippen molar-refractivity contribution in [3.63, 3.8) is 0 Å². The lowest BCUT2D eigenvalue weighted by Crippen LogP contribution is -2.32. The SMILES string of the molecule is CCC(CC)(CC)CNCc1ccco1. The van der Waals surface area contributed by atoms with Gasteiger partial charge in [0, 0.05) is 6.54 Å². The van der Waals surface area contributed by atoms with E-state index >= 15 is 0 Å². The predicted octanol–water partition coefficient (Wildman–Crippen LogP) is 3.59. The Hall–Kier alpha value is -0.760. The summed E-state index contributed by atoms with van der Waals surface area (Å²) < 4.78 is 5.29. The largest absolute Gasteiger partial charge is 0.468 e. The molecule has 0 radical (unpaired) electrons. The highest BCUT2D eigenvalue weighted by atomic mass is 16.3. The van der Waals surface area contributed by atoms with Crippen LogP contribution in [0, 0.1) is 5.41 Å². The van der Waals surface area contributed by atoms with E-state index in [2.05, 4.69) is 26.1 Å². The summed E-state index contributed by atoms with van der Waals surface area (Å²) in [5.74, 6) is 1.02. The maximum Gasteiger partial charge on any atom is 0.117 e. The second kappa shape index (κ2) is 5.96. The van der Waals surface area contributed by atoms with Gasteiger partial charge in [-0.05, 0) is 36.8 Å². The fraction of sp³-hybridized carbons (Fsp3) is 0.692. The van der Waals surface area contributed by atoms with Gasteiger partial charge in [0.2, 0.25) is 0 Å². The minimum atomic E-state index is 0.465. The number of nitrogens with one attached hydrogen (secondary N) is 1. The van der Waals surface area contributed by atoms with Gasteiger partial charge in [-0.3, -0.25) is 0 Å². The summed E-state index contributed by atoms with van der Waals surface area (Å²) in [6.45, 7) is 8.76. The van der Waals surface area contributed by atoms with E-state index < -0.39 is 0 Å². The molecule has 0 saturated carbocycles. The summed E-state index contributed by atoms with van der Waals surface area (Å²) in [4.78, 5) is 0. The van der Waals surface area contributed by atoms with E-state index in [-0.39, 0.29) is 0 Å². The Morgan fingerprint density at radius 3 is 2.33 bits per heavy atom. The highest BCUT2D eigenvalue weighted by Crippen LogP contribution is 2.29. The van der Waals surface area contributed by atoms with Gasteiger partial charge in [-0.2, -0.15) is 0 Å². The summed E-state index contributed by atoms with van der Waals surface area (Å²) >= 11 is 0. The highest BCUT2D eigenvalue weighted by Gasteiger charge is 2.22. The third kappa shape index (κ3) is 3.38. The van der Waals surface area contributed by atoms with Crippen molar-refractivity contribution >= 4 is 0 Å². The molecule has 2 heteroatoms. The predicted molar refractivity (Wildman–Crippen MR) is 63.7 cm³/mol. The smallest absolute Gasteiger partial charge is 0.117 e. The minimum absolute atomic E-state index is 0.465. The number of hydrogen-bond donors (Lipinski definition) is 1. The van der Waals surface area contributed by atoms with Crippen molar-refractivity contribution in [3.05, 3.63) is 24.2 Å². The molecule has 0 atom stereocenters. The summed E-state index contributed by atoms with van der Waals surface area (Å²) in [7, 11) is 0. The van der Waals surface area contributed by atoms with Crippen molar-refractivity contribution in [3.8, 4) is 0 Å². The van der Waals surface area contributed by atoms with Crippen molar-refractivity contribution in [1.29, 1.82) is 0 Å². The molecular weight excluding hydrogens is 186 g/mol. The van der Waals surface area contributed by atoms with Crippen LogP contribution in [0.25, 0.3) is 0 Å². The third-order valence-electron chi connectivity index (χ3n) is 3.63. The zero-order valence-corrected chi connectivity index (χ0v) is 10.2. The molecule has 0 fully saturated rings. The maximum atomic E-state index is 5.29. The Labute approximate surface area is 93.1 Å². The van der Waals surface area contributed by atoms with E-state index in [4.69, 9.17) is 4.42 Å².